The van der Waals surface area contributed by atoms with Crippen molar-refractivity contribution in [3.63, 3.8) is 0 Å². The van der Waals surface area contributed by atoms with Crippen LogP contribution >= 0.6 is 11.6 Å². The van der Waals surface area contributed by atoms with Gasteiger partial charge in [0.15, 0.2) is 16.4 Å². The molecule has 1 atom stereocenters. The van der Waals surface area contributed by atoms with Gasteiger partial charge in [0.05, 0.1) is 17.1 Å². The predicted octanol–water partition coefficient (Wildman–Crippen LogP) is 0.195. The molecule has 0 bridgehead atoms. The van der Waals surface area contributed by atoms with E-state index in [1.165, 1.54) is 18.3 Å². The number of hydrogen-bond acceptors (Lipinski definition) is 6. The number of rotatable bonds is 4. The van der Waals surface area contributed by atoms with Crippen molar-refractivity contribution < 1.29 is 22.7 Å². The number of nitrogens with zero attached hydrogens (tertiary/aromatic N) is 1. The summed E-state index contributed by atoms with van der Waals surface area (Å²) in [5.74, 6) is -1.34. The number of carbonyl (C=O) groups is 2. The Morgan fingerprint density at radius 3 is 2.86 bits per heavy atom. The fraction of sp³-hybridized carbons (Fsp3) is 0.417. The smallest absolute Gasteiger partial charge is 0.341 e. The molecule has 1 saturated heterocycles. The number of pyridine rings is 1. The largest absolute Gasteiger partial charge is 0.452 e. The molecule has 0 aliphatic carbocycles. The van der Waals surface area contributed by atoms with Gasteiger partial charge < -0.3 is 10.1 Å². The molecule has 1 aromatic rings. The fourth-order valence-corrected chi connectivity index (χ4v) is 3.80. The van der Waals surface area contributed by atoms with E-state index >= 15 is 0 Å². The molecule has 1 aliphatic heterocycles. The van der Waals surface area contributed by atoms with Gasteiger partial charge in [-0.3, -0.25) is 4.79 Å². The maximum atomic E-state index is 11.7. The number of amides is 1. The summed E-state index contributed by atoms with van der Waals surface area (Å²) in [5, 5.41) is 2.50. The van der Waals surface area contributed by atoms with Crippen molar-refractivity contribution in [2.24, 2.45) is 0 Å². The summed E-state index contributed by atoms with van der Waals surface area (Å²) in [6, 6.07) is 2.52. The third-order valence-electron chi connectivity index (χ3n) is 2.91. The van der Waals surface area contributed by atoms with E-state index in [1.54, 1.807) is 0 Å². The van der Waals surface area contributed by atoms with Crippen LogP contribution in [0, 0.1) is 0 Å². The minimum atomic E-state index is -3.07. The second-order valence-electron chi connectivity index (χ2n) is 4.59. The molecule has 7 nitrogen and oxygen atoms in total. The van der Waals surface area contributed by atoms with Crippen LogP contribution in [0.15, 0.2) is 18.3 Å². The lowest BCUT2D eigenvalue weighted by molar-refractivity contribution is -0.124. The van der Waals surface area contributed by atoms with Crippen LogP contribution in [0.4, 0.5) is 0 Å². The van der Waals surface area contributed by atoms with Crippen molar-refractivity contribution >= 4 is 33.3 Å². The lowest BCUT2D eigenvalue weighted by Crippen LogP contribution is -2.38. The molecule has 1 fully saturated rings. The fourth-order valence-electron chi connectivity index (χ4n) is 1.93. The van der Waals surface area contributed by atoms with Crippen LogP contribution in [0.3, 0.4) is 0 Å². The Labute approximate surface area is 126 Å². The number of nitrogens with one attached hydrogen (secondary N) is 1. The maximum Gasteiger partial charge on any atom is 0.341 e. The summed E-state index contributed by atoms with van der Waals surface area (Å²) in [6.07, 6.45) is 1.79. The summed E-state index contributed by atoms with van der Waals surface area (Å²) in [4.78, 5) is 27.0. The van der Waals surface area contributed by atoms with E-state index in [-0.39, 0.29) is 22.2 Å². The molecule has 114 valence electrons. The van der Waals surface area contributed by atoms with Gasteiger partial charge >= 0.3 is 5.97 Å². The van der Waals surface area contributed by atoms with Gasteiger partial charge in [0.1, 0.15) is 5.15 Å². The van der Waals surface area contributed by atoms with E-state index < -0.39 is 34.4 Å². The predicted molar refractivity (Wildman–Crippen MR) is 74.7 cm³/mol. The van der Waals surface area contributed by atoms with Crippen LogP contribution in [0.2, 0.25) is 5.15 Å². The molecule has 21 heavy (non-hydrogen) atoms. The van der Waals surface area contributed by atoms with Gasteiger partial charge in [-0.05, 0) is 18.6 Å². The molecule has 1 amide bonds. The van der Waals surface area contributed by atoms with Crippen LogP contribution in [0.5, 0.6) is 0 Å². The monoisotopic (exact) mass is 332 g/mol. The molecule has 1 N–H and O–H groups in total. The van der Waals surface area contributed by atoms with E-state index in [0.29, 0.717) is 6.42 Å². The van der Waals surface area contributed by atoms with Crippen LogP contribution in [-0.2, 0) is 19.4 Å². The van der Waals surface area contributed by atoms with Crippen molar-refractivity contribution in [2.45, 2.75) is 12.5 Å². The number of esters is 1. The number of carbonyl (C=O) groups excluding carboxylic acids is 2. The molecule has 0 spiro atoms. The SMILES string of the molecule is O=C(COC(=O)c1cccnc1Cl)N[C@@H]1CCS(=O)(=O)C1. The van der Waals surface area contributed by atoms with Crippen molar-refractivity contribution in [2.75, 3.05) is 18.1 Å². The van der Waals surface area contributed by atoms with E-state index in [4.69, 9.17) is 16.3 Å². The van der Waals surface area contributed by atoms with E-state index in [1.807, 2.05) is 0 Å². The second-order valence-corrected chi connectivity index (χ2v) is 7.17. The van der Waals surface area contributed by atoms with Crippen molar-refractivity contribution in [3.05, 3.63) is 29.0 Å². The number of hydrogen-bond donors (Lipinski definition) is 1. The van der Waals surface area contributed by atoms with Crippen LogP contribution < -0.4 is 5.32 Å². The normalized spacial score (nSPS) is 20.0. The Bertz CT molecular complexity index is 661. The van der Waals surface area contributed by atoms with E-state index in [2.05, 4.69) is 10.3 Å². The first-order chi connectivity index (χ1) is 9.87. The molecule has 2 rings (SSSR count). The average Bonchev–Trinajstić information content (AvgIpc) is 2.75. The minimum absolute atomic E-state index is 0.00945. The number of sulfone groups is 1. The highest BCUT2D eigenvalue weighted by atomic mass is 35.5. The molecule has 9 heteroatoms. The van der Waals surface area contributed by atoms with Crippen molar-refractivity contribution in [1.82, 2.24) is 10.3 Å². The lowest BCUT2D eigenvalue weighted by atomic mass is 10.2. The maximum absolute atomic E-state index is 11.7. The van der Waals surface area contributed by atoms with E-state index in [0.717, 1.165) is 0 Å². The van der Waals surface area contributed by atoms with Crippen LogP contribution in [0.1, 0.15) is 16.8 Å². The number of aromatic nitrogens is 1. The van der Waals surface area contributed by atoms with Crippen molar-refractivity contribution in [1.29, 1.82) is 0 Å². The molecular weight excluding hydrogens is 320 g/mol. The number of halogens is 1. The van der Waals surface area contributed by atoms with Crippen LogP contribution in [-0.4, -0.2) is 49.4 Å². The molecule has 1 aromatic heterocycles. The summed E-state index contributed by atoms with van der Waals surface area (Å²) < 4.78 is 27.3. The zero-order chi connectivity index (χ0) is 15.5. The standard InChI is InChI=1S/C12H13ClN2O5S/c13-11-9(2-1-4-14-11)12(17)20-6-10(16)15-8-3-5-21(18,19)7-8/h1-2,4,8H,3,5-7H2,(H,15,16)/t8-/m1/s1. The third-order valence-corrected chi connectivity index (χ3v) is 4.98. The van der Waals surface area contributed by atoms with Gasteiger partial charge in [0, 0.05) is 12.2 Å². The molecular formula is C12H13ClN2O5S. The lowest BCUT2D eigenvalue weighted by Gasteiger charge is -2.11. The molecule has 0 saturated carbocycles. The summed E-state index contributed by atoms with van der Waals surface area (Å²) in [6.45, 7) is -0.499. The average molecular weight is 333 g/mol. The Hall–Kier alpha value is -1.67. The molecule has 0 unspecified atom stereocenters. The van der Waals surface area contributed by atoms with Gasteiger partial charge in [-0.1, -0.05) is 11.6 Å². The van der Waals surface area contributed by atoms with E-state index in [9.17, 15) is 18.0 Å². The Morgan fingerprint density at radius 2 is 2.24 bits per heavy atom. The summed E-state index contributed by atoms with van der Waals surface area (Å²) >= 11 is 5.72. The van der Waals surface area contributed by atoms with Gasteiger partial charge in [-0.2, -0.15) is 0 Å². The first-order valence-electron chi connectivity index (χ1n) is 6.15. The quantitative estimate of drug-likeness (QED) is 0.624. The third kappa shape index (κ3) is 4.40. The summed E-state index contributed by atoms with van der Waals surface area (Å²) in [7, 11) is -3.07. The van der Waals surface area contributed by atoms with Gasteiger partial charge in [0.2, 0.25) is 0 Å². The highest BCUT2D eigenvalue weighted by molar-refractivity contribution is 7.91. The Balaban J connectivity index is 1.82. The van der Waals surface area contributed by atoms with Crippen molar-refractivity contribution in [3.8, 4) is 0 Å². The van der Waals surface area contributed by atoms with Gasteiger partial charge in [0.25, 0.3) is 5.91 Å². The highest BCUT2D eigenvalue weighted by Gasteiger charge is 2.29. The first-order valence-corrected chi connectivity index (χ1v) is 8.35. The topological polar surface area (TPSA) is 102 Å². The van der Waals surface area contributed by atoms with Gasteiger partial charge in [-0.25, -0.2) is 18.2 Å². The first kappa shape index (κ1) is 15.7. The minimum Gasteiger partial charge on any atom is -0.452 e. The van der Waals surface area contributed by atoms with Gasteiger partial charge in [-0.15, -0.1) is 0 Å². The zero-order valence-electron chi connectivity index (χ0n) is 10.9. The molecule has 1 aliphatic rings. The molecule has 0 aromatic carbocycles. The molecule has 2 heterocycles. The molecule has 0 radical (unpaired) electrons. The second kappa shape index (κ2) is 6.40. The Kier molecular flexibility index (Phi) is 4.79. The number of ether oxygens (including phenoxy) is 1. The Morgan fingerprint density at radius 1 is 1.48 bits per heavy atom. The summed E-state index contributed by atoms with van der Waals surface area (Å²) in [5.41, 5.74) is 0.0652. The van der Waals surface area contributed by atoms with Crippen LogP contribution in [0.25, 0.3) is 0 Å². The zero-order valence-corrected chi connectivity index (χ0v) is 12.5. The highest BCUT2D eigenvalue weighted by Crippen LogP contribution is 2.13.